The third-order valence-corrected chi connectivity index (χ3v) is 6.55. The van der Waals surface area contributed by atoms with Gasteiger partial charge in [-0.2, -0.15) is 0 Å². The molecule has 0 bridgehead atoms. The van der Waals surface area contributed by atoms with Crippen molar-refractivity contribution >= 4 is 0 Å². The molecule has 5 unspecified atom stereocenters. The molecule has 0 aromatic carbocycles. The Hall–Kier alpha value is -0.600. The fraction of sp³-hybridized carbons (Fsp3) is 1.00. The third kappa shape index (κ3) is 6.69. The van der Waals surface area contributed by atoms with Gasteiger partial charge in [-0.3, -0.25) is 0 Å². The molecule has 14 atom stereocenters. The van der Waals surface area contributed by atoms with Crippen LogP contribution in [0.5, 0.6) is 0 Å². The van der Waals surface area contributed by atoms with Crippen LogP contribution in [0, 0.1) is 0 Å². The first-order valence-electron chi connectivity index (χ1n) is 12.0. The number of aliphatic hydroxyl groups excluding tert-OH is 8. The number of rotatable bonds is 10. The van der Waals surface area contributed by atoms with E-state index in [0.29, 0.717) is 13.0 Å². The van der Waals surface area contributed by atoms with Gasteiger partial charge in [0.05, 0.1) is 32.0 Å². The van der Waals surface area contributed by atoms with Crippen molar-refractivity contribution < 1.29 is 69.3 Å². The zero-order valence-electron chi connectivity index (χ0n) is 19.9. The van der Waals surface area contributed by atoms with Crippen LogP contribution in [0.2, 0.25) is 0 Å². The molecule has 3 aliphatic heterocycles. The van der Waals surface area contributed by atoms with Gasteiger partial charge in [0.2, 0.25) is 0 Å². The predicted octanol–water partition coefficient (Wildman–Crippen LogP) is -5.14. The third-order valence-electron chi connectivity index (χ3n) is 6.55. The van der Waals surface area contributed by atoms with Gasteiger partial charge in [-0.25, -0.2) is 0 Å². The number of aliphatic hydroxyl groups is 8. The largest absolute Gasteiger partial charge is 0.394 e. The van der Waals surface area contributed by atoms with E-state index in [1.54, 1.807) is 0 Å². The molecule has 3 heterocycles. The van der Waals surface area contributed by atoms with Crippen molar-refractivity contribution in [1.29, 1.82) is 0 Å². The number of hydrogen-bond donors (Lipinski definition) is 9. The molecule has 15 heteroatoms. The maximum Gasteiger partial charge on any atom is 0.187 e. The van der Waals surface area contributed by atoms with Gasteiger partial charge in [0.1, 0.15) is 54.9 Å². The predicted molar refractivity (Wildman–Crippen MR) is 116 cm³/mol. The van der Waals surface area contributed by atoms with Crippen LogP contribution in [-0.2, 0) is 28.4 Å². The molecule has 212 valence electrons. The molecule has 10 N–H and O–H groups in total. The van der Waals surface area contributed by atoms with Gasteiger partial charge in [0.15, 0.2) is 18.9 Å². The molecule has 0 aromatic heterocycles. The van der Waals surface area contributed by atoms with Gasteiger partial charge in [0.25, 0.3) is 0 Å². The Bertz CT molecular complexity index is 648. The fourth-order valence-corrected chi connectivity index (χ4v) is 4.38. The van der Waals surface area contributed by atoms with Gasteiger partial charge in [-0.05, 0) is 19.9 Å². The second-order valence-electron chi connectivity index (χ2n) is 9.19. The van der Waals surface area contributed by atoms with Gasteiger partial charge < -0.3 is 75.0 Å². The molecule has 3 saturated heterocycles. The van der Waals surface area contributed by atoms with Crippen molar-refractivity contribution in [1.82, 2.24) is 0 Å². The van der Waals surface area contributed by atoms with E-state index in [1.165, 1.54) is 6.92 Å². The van der Waals surface area contributed by atoms with Gasteiger partial charge >= 0.3 is 0 Å². The number of nitrogens with two attached hydrogens (primary N) is 1. The maximum absolute atomic E-state index is 10.9. The highest BCUT2D eigenvalue weighted by molar-refractivity contribution is 4.95. The first-order valence-corrected chi connectivity index (χ1v) is 12.0. The molecule has 0 aromatic rings. The van der Waals surface area contributed by atoms with Crippen LogP contribution >= 0.6 is 0 Å². The Kier molecular flexibility index (Phi) is 11.2. The molecule has 3 fully saturated rings. The summed E-state index contributed by atoms with van der Waals surface area (Å²) in [6, 6.07) is 0. The Morgan fingerprint density at radius 3 is 2.00 bits per heavy atom. The van der Waals surface area contributed by atoms with Crippen LogP contribution in [0.1, 0.15) is 19.8 Å². The zero-order chi connectivity index (χ0) is 26.6. The van der Waals surface area contributed by atoms with E-state index in [-0.39, 0.29) is 13.0 Å². The average Bonchev–Trinajstić information content (AvgIpc) is 2.85. The molecule has 0 aliphatic carbocycles. The van der Waals surface area contributed by atoms with Crippen LogP contribution in [0.4, 0.5) is 0 Å². The molecule has 3 rings (SSSR count). The zero-order valence-corrected chi connectivity index (χ0v) is 19.9. The summed E-state index contributed by atoms with van der Waals surface area (Å²) in [6.45, 7) is 0.628. The minimum Gasteiger partial charge on any atom is -0.394 e. The number of hydrogen-bond acceptors (Lipinski definition) is 15. The second-order valence-corrected chi connectivity index (χ2v) is 9.19. The fourth-order valence-electron chi connectivity index (χ4n) is 4.38. The van der Waals surface area contributed by atoms with Crippen LogP contribution in [0.25, 0.3) is 0 Å². The van der Waals surface area contributed by atoms with E-state index in [1.807, 2.05) is 0 Å². The first kappa shape index (κ1) is 29.9. The molecule has 15 nitrogen and oxygen atoms in total. The van der Waals surface area contributed by atoms with Crippen LogP contribution in [0.15, 0.2) is 0 Å². The lowest BCUT2D eigenvalue weighted by molar-refractivity contribution is -0.382. The summed E-state index contributed by atoms with van der Waals surface area (Å²) in [5.74, 6) is 0. The summed E-state index contributed by atoms with van der Waals surface area (Å²) in [5, 5.41) is 80.9. The normalized spacial score (nSPS) is 48.2. The Morgan fingerprint density at radius 2 is 1.39 bits per heavy atom. The van der Waals surface area contributed by atoms with Crippen molar-refractivity contribution in [3.05, 3.63) is 0 Å². The molecule has 0 spiro atoms. The summed E-state index contributed by atoms with van der Waals surface area (Å²) >= 11 is 0. The van der Waals surface area contributed by atoms with Gasteiger partial charge in [0, 0.05) is 6.42 Å². The molecule has 3 aliphatic rings. The highest BCUT2D eigenvalue weighted by Gasteiger charge is 2.53. The first-order chi connectivity index (χ1) is 17.1. The van der Waals surface area contributed by atoms with E-state index in [2.05, 4.69) is 0 Å². The van der Waals surface area contributed by atoms with Crippen molar-refractivity contribution in [2.24, 2.45) is 5.73 Å². The Morgan fingerprint density at radius 1 is 0.750 bits per heavy atom. The lowest BCUT2D eigenvalue weighted by Crippen LogP contribution is -2.66. The summed E-state index contributed by atoms with van der Waals surface area (Å²) < 4.78 is 34.2. The minimum atomic E-state index is -1.77. The quantitative estimate of drug-likeness (QED) is 0.120. The smallest absolute Gasteiger partial charge is 0.187 e. The van der Waals surface area contributed by atoms with Crippen molar-refractivity contribution in [2.45, 2.75) is 106 Å². The number of ether oxygens (including phenoxy) is 6. The van der Waals surface area contributed by atoms with E-state index < -0.39 is 99.2 Å². The lowest BCUT2D eigenvalue weighted by atomic mass is 9.96. The SMILES string of the molecule is CC1O[C@@H](OC2[C@H](OCCCN)OC(CO)[C@H](O)[C@@H]2O[C@@H]2OC(CO)[C@H](O)[C@H](O)C2O)C[C@H](O)[C@H]1O. The molecule has 36 heavy (non-hydrogen) atoms. The standard InChI is InChI=1S/C21H39NO14/c1-8-13(26)9(25)5-12(32-8)35-19-18(15(28)11(7-24)34-21(19)31-4-2-3-22)36-20-17(30)16(29)14(27)10(6-23)33-20/h8-21,23-30H,2-7,22H2,1H3/t8?,9-,10?,11?,12-,13-,14-,15-,16-,17?,18-,19?,20-,21+/m0/s1. The van der Waals surface area contributed by atoms with E-state index in [4.69, 9.17) is 34.2 Å². The Labute approximate surface area is 207 Å². The Balaban J connectivity index is 1.85. The van der Waals surface area contributed by atoms with E-state index in [9.17, 15) is 40.9 Å². The molecule has 0 amide bonds. The maximum atomic E-state index is 10.9. The lowest BCUT2D eigenvalue weighted by Gasteiger charge is -2.48. The second kappa shape index (κ2) is 13.5. The average molecular weight is 530 g/mol. The van der Waals surface area contributed by atoms with Gasteiger partial charge in [-0.1, -0.05) is 0 Å². The molecular weight excluding hydrogens is 490 g/mol. The monoisotopic (exact) mass is 529 g/mol. The van der Waals surface area contributed by atoms with Crippen molar-refractivity contribution in [3.8, 4) is 0 Å². The topological polar surface area (TPSA) is 243 Å². The highest BCUT2D eigenvalue weighted by atomic mass is 16.8. The van der Waals surface area contributed by atoms with E-state index >= 15 is 0 Å². The summed E-state index contributed by atoms with van der Waals surface area (Å²) in [7, 11) is 0. The van der Waals surface area contributed by atoms with Crippen LogP contribution in [0.3, 0.4) is 0 Å². The van der Waals surface area contributed by atoms with Crippen LogP contribution < -0.4 is 5.73 Å². The minimum absolute atomic E-state index is 0.116. The summed E-state index contributed by atoms with van der Waals surface area (Å²) in [5.41, 5.74) is 5.53. The summed E-state index contributed by atoms with van der Waals surface area (Å²) in [4.78, 5) is 0. The van der Waals surface area contributed by atoms with Gasteiger partial charge in [-0.15, -0.1) is 0 Å². The highest BCUT2D eigenvalue weighted by Crippen LogP contribution is 2.33. The van der Waals surface area contributed by atoms with E-state index in [0.717, 1.165) is 0 Å². The van der Waals surface area contributed by atoms with Crippen molar-refractivity contribution in [3.63, 3.8) is 0 Å². The molecular formula is C21H39NO14. The molecule has 0 saturated carbocycles. The van der Waals surface area contributed by atoms with Crippen molar-refractivity contribution in [2.75, 3.05) is 26.4 Å². The summed E-state index contributed by atoms with van der Waals surface area (Å²) in [6.07, 6.45) is -18.6. The van der Waals surface area contributed by atoms with Crippen LogP contribution in [-0.4, -0.2) is 153 Å². The molecule has 0 radical (unpaired) electrons.